The van der Waals surface area contributed by atoms with Crippen LogP contribution in [0, 0.1) is 23.7 Å². The smallest absolute Gasteiger partial charge is 0.173 e. The van der Waals surface area contributed by atoms with Crippen LogP contribution in [0.5, 0.6) is 0 Å². The molecule has 0 rings (SSSR count). The van der Waals surface area contributed by atoms with E-state index in [0.717, 1.165) is 17.9 Å². The molecular weight excluding hydrogens is 290 g/mol. The van der Waals surface area contributed by atoms with Crippen molar-refractivity contribution in [1.82, 2.24) is 0 Å². The standard InChI is InChI=1S/C21H36F2/c1-8-16(4)10-12-17(5)18(6)13-14-20(21(22)23)19(7)11-9-15(2)3/h9,11,15-17,19H,6,8,10,12-14H2,1-5,7H3/b11-9-. The van der Waals surface area contributed by atoms with E-state index in [2.05, 4.69) is 41.2 Å². The second-order valence-electron chi connectivity index (χ2n) is 7.35. The zero-order chi connectivity index (χ0) is 18.0. The van der Waals surface area contributed by atoms with Crippen LogP contribution in [-0.4, -0.2) is 0 Å². The maximum absolute atomic E-state index is 13.2. The highest BCUT2D eigenvalue weighted by atomic mass is 19.3. The SMILES string of the molecule is C=C(CCC(=C(F)F)C(C)/C=C\C(C)C)C(C)CCC(C)CC. The van der Waals surface area contributed by atoms with Crippen molar-refractivity contribution < 1.29 is 8.78 Å². The summed E-state index contributed by atoms with van der Waals surface area (Å²) in [5, 5.41) is 0. The van der Waals surface area contributed by atoms with Gasteiger partial charge in [0, 0.05) is 11.5 Å². The minimum absolute atomic E-state index is 0.203. The van der Waals surface area contributed by atoms with Crippen molar-refractivity contribution in [3.05, 3.63) is 36.0 Å². The lowest BCUT2D eigenvalue weighted by Gasteiger charge is -2.18. The van der Waals surface area contributed by atoms with Gasteiger partial charge < -0.3 is 0 Å². The molecule has 0 heterocycles. The average molecular weight is 327 g/mol. The van der Waals surface area contributed by atoms with E-state index in [1.807, 2.05) is 19.1 Å². The van der Waals surface area contributed by atoms with Gasteiger partial charge in [0.05, 0.1) is 0 Å². The Morgan fingerprint density at radius 2 is 1.57 bits per heavy atom. The summed E-state index contributed by atoms with van der Waals surface area (Å²) in [4.78, 5) is 0. The third kappa shape index (κ3) is 9.73. The van der Waals surface area contributed by atoms with Crippen LogP contribution in [0.1, 0.15) is 73.6 Å². The van der Waals surface area contributed by atoms with E-state index in [0.29, 0.717) is 24.7 Å². The van der Waals surface area contributed by atoms with Gasteiger partial charge in [-0.05, 0) is 37.0 Å². The number of allylic oxidation sites excluding steroid dienone is 4. The molecule has 0 bridgehead atoms. The molecule has 0 N–H and O–H groups in total. The minimum Gasteiger partial charge on any atom is -0.173 e. The molecule has 0 aromatic carbocycles. The van der Waals surface area contributed by atoms with Crippen LogP contribution in [0.15, 0.2) is 36.0 Å². The van der Waals surface area contributed by atoms with Crippen molar-refractivity contribution >= 4 is 0 Å². The highest BCUT2D eigenvalue weighted by Crippen LogP contribution is 2.29. The third-order valence-electron chi connectivity index (χ3n) is 4.78. The molecular formula is C21H36F2. The van der Waals surface area contributed by atoms with Crippen LogP contribution < -0.4 is 0 Å². The first kappa shape index (κ1) is 22.1. The summed E-state index contributed by atoms with van der Waals surface area (Å²) in [5.74, 6) is 1.32. The molecule has 23 heavy (non-hydrogen) atoms. The summed E-state index contributed by atoms with van der Waals surface area (Å²) in [5.41, 5.74) is 1.37. The van der Waals surface area contributed by atoms with Gasteiger partial charge in [-0.2, -0.15) is 8.78 Å². The van der Waals surface area contributed by atoms with E-state index < -0.39 is 6.08 Å². The van der Waals surface area contributed by atoms with Crippen LogP contribution in [0.2, 0.25) is 0 Å². The molecule has 134 valence electrons. The number of rotatable bonds is 11. The Kier molecular flexibility index (Phi) is 11.1. The lowest BCUT2D eigenvalue weighted by molar-refractivity contribution is 0.396. The van der Waals surface area contributed by atoms with Crippen molar-refractivity contribution in [2.24, 2.45) is 23.7 Å². The Labute approximate surface area is 142 Å². The van der Waals surface area contributed by atoms with Crippen LogP contribution in [0.25, 0.3) is 0 Å². The van der Waals surface area contributed by atoms with Crippen LogP contribution in [-0.2, 0) is 0 Å². The molecule has 0 aliphatic rings. The van der Waals surface area contributed by atoms with Gasteiger partial charge in [0.2, 0.25) is 0 Å². The third-order valence-corrected chi connectivity index (χ3v) is 4.78. The highest BCUT2D eigenvalue weighted by Gasteiger charge is 2.15. The number of halogens is 2. The Morgan fingerprint density at radius 1 is 0.957 bits per heavy atom. The predicted octanol–water partition coefficient (Wildman–Crippen LogP) is 7.78. The zero-order valence-electron chi connectivity index (χ0n) is 16.0. The van der Waals surface area contributed by atoms with Crippen molar-refractivity contribution in [3.63, 3.8) is 0 Å². The summed E-state index contributed by atoms with van der Waals surface area (Å²) in [6, 6.07) is 0. The topological polar surface area (TPSA) is 0 Å². The van der Waals surface area contributed by atoms with Crippen LogP contribution >= 0.6 is 0 Å². The van der Waals surface area contributed by atoms with Crippen molar-refractivity contribution in [1.29, 1.82) is 0 Å². The Hall–Kier alpha value is -0.920. The first-order valence-electron chi connectivity index (χ1n) is 9.08. The molecule has 0 saturated heterocycles. The summed E-state index contributed by atoms with van der Waals surface area (Å²) in [6.07, 6.45) is 6.93. The van der Waals surface area contributed by atoms with Gasteiger partial charge in [-0.25, -0.2) is 0 Å². The van der Waals surface area contributed by atoms with Crippen LogP contribution in [0.4, 0.5) is 8.78 Å². The zero-order valence-corrected chi connectivity index (χ0v) is 16.0. The molecule has 0 fully saturated rings. The van der Waals surface area contributed by atoms with Gasteiger partial charge in [-0.1, -0.05) is 78.7 Å². The molecule has 0 amide bonds. The van der Waals surface area contributed by atoms with E-state index in [1.165, 1.54) is 12.8 Å². The molecule has 0 aromatic heterocycles. The molecule has 3 atom stereocenters. The molecule has 0 saturated carbocycles. The molecule has 0 spiro atoms. The largest absolute Gasteiger partial charge is 0.270 e. The normalized spacial score (nSPS) is 15.7. The van der Waals surface area contributed by atoms with Gasteiger partial charge in [0.15, 0.2) is 0 Å². The molecule has 0 nitrogen and oxygen atoms in total. The highest BCUT2D eigenvalue weighted by molar-refractivity contribution is 5.15. The summed E-state index contributed by atoms with van der Waals surface area (Å²) in [6.45, 7) is 16.7. The van der Waals surface area contributed by atoms with E-state index in [1.54, 1.807) is 0 Å². The maximum Gasteiger partial charge on any atom is 0.270 e. The first-order chi connectivity index (χ1) is 10.7. The fourth-order valence-corrected chi connectivity index (χ4v) is 2.48. The molecule has 0 aliphatic heterocycles. The van der Waals surface area contributed by atoms with Gasteiger partial charge >= 0.3 is 0 Å². The lowest BCUT2D eigenvalue weighted by Crippen LogP contribution is -2.05. The van der Waals surface area contributed by atoms with E-state index in [4.69, 9.17) is 0 Å². The number of hydrogen-bond acceptors (Lipinski definition) is 0. The fourth-order valence-electron chi connectivity index (χ4n) is 2.48. The van der Waals surface area contributed by atoms with Crippen molar-refractivity contribution in [2.45, 2.75) is 73.6 Å². The lowest BCUT2D eigenvalue weighted by atomic mass is 9.87. The van der Waals surface area contributed by atoms with Crippen LogP contribution in [0.3, 0.4) is 0 Å². The van der Waals surface area contributed by atoms with Gasteiger partial charge in [-0.3, -0.25) is 0 Å². The van der Waals surface area contributed by atoms with E-state index in [9.17, 15) is 8.78 Å². The fraction of sp³-hybridized carbons (Fsp3) is 0.714. The monoisotopic (exact) mass is 326 g/mol. The predicted molar refractivity (Wildman–Crippen MR) is 98.6 cm³/mol. The molecule has 3 unspecified atom stereocenters. The Morgan fingerprint density at radius 3 is 2.04 bits per heavy atom. The summed E-state index contributed by atoms with van der Waals surface area (Å²) >= 11 is 0. The quantitative estimate of drug-likeness (QED) is 0.340. The van der Waals surface area contributed by atoms with E-state index in [-0.39, 0.29) is 11.5 Å². The average Bonchev–Trinajstić information content (AvgIpc) is 2.49. The van der Waals surface area contributed by atoms with Gasteiger partial charge in [0.1, 0.15) is 0 Å². The van der Waals surface area contributed by atoms with Gasteiger partial charge in [0.25, 0.3) is 6.08 Å². The summed E-state index contributed by atoms with van der Waals surface area (Å²) in [7, 11) is 0. The van der Waals surface area contributed by atoms with Crippen molar-refractivity contribution in [3.8, 4) is 0 Å². The molecule has 0 radical (unpaired) electrons. The van der Waals surface area contributed by atoms with Crippen molar-refractivity contribution in [2.75, 3.05) is 0 Å². The Balaban J connectivity index is 4.53. The molecule has 0 aliphatic carbocycles. The van der Waals surface area contributed by atoms with E-state index >= 15 is 0 Å². The number of hydrogen-bond donors (Lipinski definition) is 0. The summed E-state index contributed by atoms with van der Waals surface area (Å²) < 4.78 is 26.5. The van der Waals surface area contributed by atoms with Gasteiger partial charge in [-0.15, -0.1) is 0 Å². The molecule has 0 aromatic rings. The first-order valence-corrected chi connectivity index (χ1v) is 9.08. The second-order valence-corrected chi connectivity index (χ2v) is 7.35. The second kappa shape index (κ2) is 11.6. The molecule has 2 heteroatoms. The minimum atomic E-state index is -1.52. The maximum atomic E-state index is 13.2. The Bertz CT molecular complexity index is 400.